The smallest absolute Gasteiger partial charge is 0.289 e. The van der Waals surface area contributed by atoms with Crippen LogP contribution in [0.1, 0.15) is 32.4 Å². The van der Waals surface area contributed by atoms with E-state index in [4.69, 9.17) is 16.0 Å². The highest BCUT2D eigenvalue weighted by Crippen LogP contribution is 2.20. The van der Waals surface area contributed by atoms with Crippen molar-refractivity contribution in [1.29, 1.82) is 0 Å². The van der Waals surface area contributed by atoms with Gasteiger partial charge >= 0.3 is 0 Å². The Hall–Kier alpha value is -3.13. The van der Waals surface area contributed by atoms with E-state index in [9.17, 15) is 9.59 Å². The first kappa shape index (κ1) is 19.2. The SMILES string of the molecule is Cc1cc(C)n(-c2ccc(Cl)c(C(=O)N3CCN(C(=O)c4ccco4)CC3)n2)n1. The minimum Gasteiger partial charge on any atom is -0.459 e. The van der Waals surface area contributed by atoms with Crippen molar-refractivity contribution >= 4 is 23.4 Å². The molecule has 150 valence electrons. The van der Waals surface area contributed by atoms with Gasteiger partial charge in [0.05, 0.1) is 17.0 Å². The van der Waals surface area contributed by atoms with Gasteiger partial charge in [-0.15, -0.1) is 0 Å². The summed E-state index contributed by atoms with van der Waals surface area (Å²) >= 11 is 6.27. The Morgan fingerprint density at radius 1 is 1.03 bits per heavy atom. The number of hydrogen-bond donors (Lipinski definition) is 0. The number of halogens is 1. The number of nitrogens with zero attached hydrogens (tertiary/aromatic N) is 5. The van der Waals surface area contributed by atoms with Gasteiger partial charge in [0, 0.05) is 31.9 Å². The minimum atomic E-state index is -0.261. The molecule has 0 radical (unpaired) electrons. The Morgan fingerprint density at radius 2 is 1.72 bits per heavy atom. The van der Waals surface area contributed by atoms with Gasteiger partial charge in [0.15, 0.2) is 11.6 Å². The molecule has 4 rings (SSSR count). The van der Waals surface area contributed by atoms with E-state index in [1.807, 2.05) is 19.9 Å². The van der Waals surface area contributed by atoms with Gasteiger partial charge < -0.3 is 14.2 Å². The van der Waals surface area contributed by atoms with Crippen LogP contribution in [0, 0.1) is 13.8 Å². The second kappa shape index (κ2) is 7.71. The van der Waals surface area contributed by atoms with Crippen molar-refractivity contribution in [3.8, 4) is 5.82 Å². The van der Waals surface area contributed by atoms with Gasteiger partial charge in [-0.1, -0.05) is 11.6 Å². The second-order valence-electron chi connectivity index (χ2n) is 6.90. The van der Waals surface area contributed by atoms with Crippen LogP contribution in [0.15, 0.2) is 41.0 Å². The highest BCUT2D eigenvalue weighted by Gasteiger charge is 2.28. The Balaban J connectivity index is 1.49. The number of amides is 2. The van der Waals surface area contributed by atoms with E-state index in [-0.39, 0.29) is 22.5 Å². The summed E-state index contributed by atoms with van der Waals surface area (Å²) in [5.41, 5.74) is 1.97. The van der Waals surface area contributed by atoms with Gasteiger partial charge in [0.1, 0.15) is 5.69 Å². The molecule has 1 aliphatic rings. The number of pyridine rings is 1. The summed E-state index contributed by atoms with van der Waals surface area (Å²) in [6.07, 6.45) is 1.47. The first-order valence-electron chi connectivity index (χ1n) is 9.26. The number of carbonyl (C=O) groups is 2. The lowest BCUT2D eigenvalue weighted by atomic mass is 10.2. The lowest BCUT2D eigenvalue weighted by molar-refractivity contribution is 0.0515. The lowest BCUT2D eigenvalue weighted by Gasteiger charge is -2.34. The molecule has 0 bridgehead atoms. The van der Waals surface area contributed by atoms with Gasteiger partial charge in [-0.05, 0) is 44.2 Å². The third-order valence-electron chi connectivity index (χ3n) is 4.85. The Labute approximate surface area is 172 Å². The van der Waals surface area contributed by atoms with Crippen molar-refractivity contribution < 1.29 is 14.0 Å². The molecule has 1 saturated heterocycles. The zero-order chi connectivity index (χ0) is 20.5. The number of aromatic nitrogens is 3. The number of furan rings is 1. The number of piperazine rings is 1. The standard InChI is InChI=1S/C20H20ClN5O3/c1-13-12-14(2)26(23-13)17-6-5-15(21)18(22-17)20(28)25-9-7-24(8-10-25)19(27)16-4-3-11-29-16/h3-6,11-12H,7-10H2,1-2H3. The van der Waals surface area contributed by atoms with Crippen LogP contribution in [0.25, 0.3) is 5.82 Å². The molecule has 0 aromatic carbocycles. The summed E-state index contributed by atoms with van der Waals surface area (Å²) in [7, 11) is 0. The number of hydrogen-bond acceptors (Lipinski definition) is 5. The third kappa shape index (κ3) is 3.75. The molecule has 0 N–H and O–H groups in total. The molecule has 2 amide bonds. The third-order valence-corrected chi connectivity index (χ3v) is 5.15. The minimum absolute atomic E-state index is 0.176. The Morgan fingerprint density at radius 3 is 2.31 bits per heavy atom. The predicted molar refractivity (Wildman–Crippen MR) is 106 cm³/mol. The Bertz CT molecular complexity index is 1050. The largest absolute Gasteiger partial charge is 0.459 e. The molecular weight excluding hydrogens is 394 g/mol. The summed E-state index contributed by atoms with van der Waals surface area (Å²) in [6, 6.07) is 8.64. The fourth-order valence-corrected chi connectivity index (χ4v) is 3.57. The molecule has 0 unspecified atom stereocenters. The average molecular weight is 414 g/mol. The molecule has 9 heteroatoms. The van der Waals surface area contributed by atoms with E-state index in [2.05, 4.69) is 10.1 Å². The van der Waals surface area contributed by atoms with Crippen molar-refractivity contribution in [2.24, 2.45) is 0 Å². The summed E-state index contributed by atoms with van der Waals surface area (Å²) in [4.78, 5) is 33.2. The van der Waals surface area contributed by atoms with Crippen LogP contribution in [0.5, 0.6) is 0 Å². The molecule has 0 spiro atoms. The van der Waals surface area contributed by atoms with E-state index in [1.54, 1.807) is 38.7 Å². The molecule has 0 saturated carbocycles. The molecule has 4 heterocycles. The summed E-state index contributed by atoms with van der Waals surface area (Å²) in [5, 5.41) is 4.70. The first-order valence-corrected chi connectivity index (χ1v) is 9.64. The molecule has 3 aromatic rings. The maximum Gasteiger partial charge on any atom is 0.289 e. The molecular formula is C20H20ClN5O3. The molecule has 1 fully saturated rings. The average Bonchev–Trinajstić information content (AvgIpc) is 3.37. The molecule has 29 heavy (non-hydrogen) atoms. The van der Waals surface area contributed by atoms with Crippen molar-refractivity contribution in [2.45, 2.75) is 13.8 Å². The number of aryl methyl sites for hydroxylation is 2. The molecule has 1 aliphatic heterocycles. The highest BCUT2D eigenvalue weighted by molar-refractivity contribution is 6.33. The van der Waals surface area contributed by atoms with E-state index in [1.165, 1.54) is 6.26 Å². The van der Waals surface area contributed by atoms with Crippen LogP contribution >= 0.6 is 11.6 Å². The maximum absolute atomic E-state index is 13.0. The van der Waals surface area contributed by atoms with Crippen LogP contribution in [-0.4, -0.2) is 62.6 Å². The fourth-order valence-electron chi connectivity index (χ4n) is 3.38. The first-order chi connectivity index (χ1) is 13.9. The van der Waals surface area contributed by atoms with Crippen LogP contribution in [0.2, 0.25) is 5.02 Å². The Kier molecular flexibility index (Phi) is 5.10. The molecule has 0 atom stereocenters. The van der Waals surface area contributed by atoms with Gasteiger partial charge in [0.25, 0.3) is 11.8 Å². The molecule has 8 nitrogen and oxygen atoms in total. The van der Waals surface area contributed by atoms with Gasteiger partial charge in [-0.2, -0.15) is 5.10 Å². The number of rotatable bonds is 3. The van der Waals surface area contributed by atoms with E-state index in [0.29, 0.717) is 37.8 Å². The van der Waals surface area contributed by atoms with Crippen LogP contribution in [0.4, 0.5) is 0 Å². The van der Waals surface area contributed by atoms with Crippen LogP contribution < -0.4 is 0 Å². The number of carbonyl (C=O) groups excluding carboxylic acids is 2. The van der Waals surface area contributed by atoms with Gasteiger partial charge in [0.2, 0.25) is 0 Å². The fraction of sp³-hybridized carbons (Fsp3) is 0.300. The van der Waals surface area contributed by atoms with Crippen LogP contribution in [0.3, 0.4) is 0 Å². The summed E-state index contributed by atoms with van der Waals surface area (Å²) < 4.78 is 6.85. The maximum atomic E-state index is 13.0. The monoisotopic (exact) mass is 413 g/mol. The quantitative estimate of drug-likeness (QED) is 0.659. The normalized spacial score (nSPS) is 14.3. The van der Waals surface area contributed by atoms with Crippen molar-refractivity contribution in [3.63, 3.8) is 0 Å². The zero-order valence-electron chi connectivity index (χ0n) is 16.1. The predicted octanol–water partition coefficient (Wildman–Crippen LogP) is 2.73. The van der Waals surface area contributed by atoms with E-state index < -0.39 is 0 Å². The van der Waals surface area contributed by atoms with E-state index >= 15 is 0 Å². The zero-order valence-corrected chi connectivity index (χ0v) is 16.9. The van der Waals surface area contributed by atoms with Crippen molar-refractivity contribution in [2.75, 3.05) is 26.2 Å². The van der Waals surface area contributed by atoms with Crippen molar-refractivity contribution in [3.05, 3.63) is 64.5 Å². The van der Waals surface area contributed by atoms with E-state index in [0.717, 1.165) is 11.4 Å². The van der Waals surface area contributed by atoms with Gasteiger partial charge in [-0.3, -0.25) is 9.59 Å². The molecule has 3 aromatic heterocycles. The van der Waals surface area contributed by atoms with Crippen molar-refractivity contribution in [1.82, 2.24) is 24.6 Å². The summed E-state index contributed by atoms with van der Waals surface area (Å²) in [5.74, 6) is 0.398. The van der Waals surface area contributed by atoms with Gasteiger partial charge in [-0.25, -0.2) is 9.67 Å². The second-order valence-corrected chi connectivity index (χ2v) is 7.31. The highest BCUT2D eigenvalue weighted by atomic mass is 35.5. The lowest BCUT2D eigenvalue weighted by Crippen LogP contribution is -2.50. The summed E-state index contributed by atoms with van der Waals surface area (Å²) in [6.45, 7) is 5.45. The van der Waals surface area contributed by atoms with Crippen LogP contribution in [-0.2, 0) is 0 Å². The topological polar surface area (TPSA) is 84.5 Å². The molecule has 0 aliphatic carbocycles.